The first-order chi connectivity index (χ1) is 15.7. The normalized spacial score (nSPS) is 15.3. The van der Waals surface area contributed by atoms with Crippen LogP contribution in [0.3, 0.4) is 0 Å². The van der Waals surface area contributed by atoms with Gasteiger partial charge in [0.1, 0.15) is 18.0 Å². The first-order valence-corrected chi connectivity index (χ1v) is 10.9. The average Bonchev–Trinajstić information content (AvgIpc) is 3.24. The fourth-order valence-electron chi connectivity index (χ4n) is 3.69. The molecule has 0 fully saturated rings. The van der Waals surface area contributed by atoms with Gasteiger partial charge in [-0.25, -0.2) is 9.80 Å². The van der Waals surface area contributed by atoms with E-state index in [1.807, 2.05) is 57.2 Å². The molecule has 176 valence electrons. The number of urea groups is 1. The Morgan fingerprint density at radius 3 is 2.45 bits per heavy atom. The number of benzene rings is 2. The van der Waals surface area contributed by atoms with E-state index in [2.05, 4.69) is 5.32 Å². The molecule has 1 aliphatic heterocycles. The summed E-state index contributed by atoms with van der Waals surface area (Å²) < 4.78 is 10.9. The molecular formula is C25H32N4O4. The summed E-state index contributed by atoms with van der Waals surface area (Å²) in [6, 6.07) is 13.0. The Balaban J connectivity index is 1.92. The Bertz CT molecular complexity index is 1030. The third-order valence-electron chi connectivity index (χ3n) is 5.48. The zero-order valence-electron chi connectivity index (χ0n) is 20.1. The maximum Gasteiger partial charge on any atom is 0.317 e. The van der Waals surface area contributed by atoms with E-state index in [1.54, 1.807) is 27.3 Å². The van der Waals surface area contributed by atoms with E-state index in [4.69, 9.17) is 14.6 Å². The van der Waals surface area contributed by atoms with Crippen LogP contribution in [0.4, 0.5) is 4.79 Å². The van der Waals surface area contributed by atoms with Crippen molar-refractivity contribution in [2.45, 2.75) is 39.3 Å². The highest BCUT2D eigenvalue weighted by molar-refractivity contribution is 6.05. The van der Waals surface area contributed by atoms with Gasteiger partial charge >= 0.3 is 6.03 Å². The molecule has 1 N–H and O–H groups in total. The lowest BCUT2D eigenvalue weighted by Crippen LogP contribution is -2.45. The lowest BCUT2D eigenvalue weighted by Gasteiger charge is -2.25. The minimum Gasteiger partial charge on any atom is -0.497 e. The van der Waals surface area contributed by atoms with Gasteiger partial charge in [0, 0.05) is 31.1 Å². The maximum atomic E-state index is 13.3. The summed E-state index contributed by atoms with van der Waals surface area (Å²) in [5.74, 6) is 1.04. The molecule has 3 amide bonds. The molecule has 0 spiro atoms. The smallest absolute Gasteiger partial charge is 0.317 e. The Hall–Kier alpha value is -3.55. The zero-order chi connectivity index (χ0) is 24.1. The van der Waals surface area contributed by atoms with Gasteiger partial charge in [0.15, 0.2) is 0 Å². The summed E-state index contributed by atoms with van der Waals surface area (Å²) in [6.45, 7) is 5.69. The fraction of sp³-hybridized carbons (Fsp3) is 0.400. The molecule has 8 nitrogen and oxygen atoms in total. The number of nitrogens with one attached hydrogen (secondary N) is 1. The molecule has 0 bridgehead atoms. The van der Waals surface area contributed by atoms with Crippen LogP contribution in [0, 0.1) is 6.92 Å². The van der Waals surface area contributed by atoms with Crippen LogP contribution >= 0.6 is 0 Å². The van der Waals surface area contributed by atoms with Crippen LogP contribution in [0.1, 0.15) is 43.0 Å². The van der Waals surface area contributed by atoms with E-state index in [-0.39, 0.29) is 30.6 Å². The molecule has 3 rings (SSSR count). The van der Waals surface area contributed by atoms with E-state index in [1.165, 1.54) is 9.91 Å². The van der Waals surface area contributed by atoms with E-state index >= 15 is 0 Å². The molecular weight excluding hydrogens is 420 g/mol. The van der Waals surface area contributed by atoms with Gasteiger partial charge in [0.2, 0.25) is 0 Å². The van der Waals surface area contributed by atoms with Crippen molar-refractivity contribution < 1.29 is 19.1 Å². The van der Waals surface area contributed by atoms with Gasteiger partial charge < -0.3 is 19.7 Å². The molecule has 1 heterocycles. The van der Waals surface area contributed by atoms with Gasteiger partial charge in [0.05, 0.1) is 26.0 Å². The first kappa shape index (κ1) is 24.1. The fourth-order valence-corrected chi connectivity index (χ4v) is 3.69. The molecule has 2 aromatic carbocycles. The second-order valence-electron chi connectivity index (χ2n) is 8.44. The summed E-state index contributed by atoms with van der Waals surface area (Å²) in [5, 5.41) is 8.99. The van der Waals surface area contributed by atoms with Crippen LogP contribution in [0.15, 0.2) is 47.6 Å². The lowest BCUT2D eigenvalue weighted by atomic mass is 9.97. The highest BCUT2D eigenvalue weighted by atomic mass is 16.5. The van der Waals surface area contributed by atoms with Crippen molar-refractivity contribution in [1.82, 2.24) is 15.2 Å². The number of hydrazone groups is 1. The quantitative estimate of drug-likeness (QED) is 0.694. The zero-order valence-corrected chi connectivity index (χ0v) is 20.1. The van der Waals surface area contributed by atoms with Crippen molar-refractivity contribution in [3.8, 4) is 11.5 Å². The molecule has 0 radical (unpaired) electrons. The number of aryl methyl sites for hydroxylation is 1. The number of methoxy groups -OCH3 is 2. The Labute approximate surface area is 195 Å². The number of carbonyl (C=O) groups excluding carboxylic acids is 2. The second kappa shape index (κ2) is 10.4. The number of rotatable bonds is 7. The number of likely N-dealkylation sites (N-methyl/N-ethyl adjacent to an activating group) is 1. The molecule has 0 aromatic heterocycles. The molecule has 1 aliphatic rings. The minimum absolute atomic E-state index is 0.0192. The van der Waals surface area contributed by atoms with E-state index in [9.17, 15) is 9.59 Å². The van der Waals surface area contributed by atoms with Crippen molar-refractivity contribution in [2.24, 2.45) is 5.10 Å². The van der Waals surface area contributed by atoms with Crippen LogP contribution in [-0.4, -0.2) is 61.4 Å². The van der Waals surface area contributed by atoms with Crippen molar-refractivity contribution in [3.63, 3.8) is 0 Å². The molecule has 0 aliphatic carbocycles. The standard InChI is InChI=1S/C25H32N4O4/c1-16(2)26-25(31)28(4)15-24(30)29-22(18-9-7-17(3)8-10-18)14-21(27-29)20-12-11-19(32-5)13-23(20)33-6/h7-13,16,22H,14-15H2,1-6H3,(H,26,31). The highest BCUT2D eigenvalue weighted by Crippen LogP contribution is 2.36. The van der Waals surface area contributed by atoms with Crippen molar-refractivity contribution in [2.75, 3.05) is 27.8 Å². The second-order valence-corrected chi connectivity index (χ2v) is 8.44. The molecule has 0 saturated heterocycles. The number of ether oxygens (including phenoxy) is 2. The first-order valence-electron chi connectivity index (χ1n) is 10.9. The third-order valence-corrected chi connectivity index (χ3v) is 5.48. The molecule has 1 unspecified atom stereocenters. The minimum atomic E-state index is -0.301. The van der Waals surface area contributed by atoms with Crippen LogP contribution < -0.4 is 14.8 Å². The van der Waals surface area contributed by atoms with Crippen LogP contribution in [-0.2, 0) is 4.79 Å². The van der Waals surface area contributed by atoms with Crippen LogP contribution in [0.5, 0.6) is 11.5 Å². The van der Waals surface area contributed by atoms with Gasteiger partial charge in [-0.05, 0) is 38.5 Å². The van der Waals surface area contributed by atoms with Gasteiger partial charge in [-0.1, -0.05) is 29.8 Å². The predicted molar refractivity (Wildman–Crippen MR) is 128 cm³/mol. The van der Waals surface area contributed by atoms with Crippen LogP contribution in [0.25, 0.3) is 0 Å². The Kier molecular flexibility index (Phi) is 7.58. The summed E-state index contributed by atoms with van der Waals surface area (Å²) in [4.78, 5) is 26.9. The average molecular weight is 453 g/mol. The monoisotopic (exact) mass is 452 g/mol. The van der Waals surface area contributed by atoms with Gasteiger partial charge in [-0.15, -0.1) is 0 Å². The number of carbonyl (C=O) groups is 2. The molecule has 8 heteroatoms. The molecule has 0 saturated carbocycles. The van der Waals surface area contributed by atoms with Crippen molar-refractivity contribution in [1.29, 1.82) is 0 Å². The Morgan fingerprint density at radius 1 is 1.15 bits per heavy atom. The third kappa shape index (κ3) is 5.63. The topological polar surface area (TPSA) is 83.5 Å². The molecule has 2 aromatic rings. The maximum absolute atomic E-state index is 13.3. The van der Waals surface area contributed by atoms with E-state index in [0.717, 1.165) is 22.4 Å². The van der Waals surface area contributed by atoms with Gasteiger partial charge in [0.25, 0.3) is 5.91 Å². The summed E-state index contributed by atoms with van der Waals surface area (Å²) in [7, 11) is 4.79. The molecule has 1 atom stereocenters. The summed E-state index contributed by atoms with van der Waals surface area (Å²) in [6.07, 6.45) is 0.527. The molecule has 33 heavy (non-hydrogen) atoms. The van der Waals surface area contributed by atoms with E-state index < -0.39 is 0 Å². The summed E-state index contributed by atoms with van der Waals surface area (Å²) in [5.41, 5.74) is 3.66. The number of hydrogen-bond donors (Lipinski definition) is 1. The lowest BCUT2D eigenvalue weighted by molar-refractivity contribution is -0.133. The van der Waals surface area contributed by atoms with Gasteiger partial charge in [-0.3, -0.25) is 4.79 Å². The summed E-state index contributed by atoms with van der Waals surface area (Å²) >= 11 is 0. The number of hydrogen-bond acceptors (Lipinski definition) is 5. The number of nitrogens with zero attached hydrogens (tertiary/aromatic N) is 3. The van der Waals surface area contributed by atoms with Crippen molar-refractivity contribution in [3.05, 3.63) is 59.2 Å². The van der Waals surface area contributed by atoms with Crippen LogP contribution in [0.2, 0.25) is 0 Å². The van der Waals surface area contributed by atoms with Crippen molar-refractivity contribution >= 4 is 17.6 Å². The van der Waals surface area contributed by atoms with Gasteiger partial charge in [-0.2, -0.15) is 5.10 Å². The largest absolute Gasteiger partial charge is 0.497 e. The number of amides is 3. The highest BCUT2D eigenvalue weighted by Gasteiger charge is 2.34. The SMILES string of the molecule is COc1ccc(C2=NN(C(=O)CN(C)C(=O)NC(C)C)C(c3ccc(C)cc3)C2)c(OC)c1. The Morgan fingerprint density at radius 2 is 1.85 bits per heavy atom. The van der Waals surface area contributed by atoms with E-state index in [0.29, 0.717) is 17.9 Å². The predicted octanol–water partition coefficient (Wildman–Crippen LogP) is 3.74.